The number of para-hydroxylation sites is 1. The SMILES string of the molecule is O=C(CC(c1ccc(F)cc1)c1cn(Cc2ccc(F)cc2)c2ccccc12)NCCN1CCCC1. The van der Waals surface area contributed by atoms with Gasteiger partial charge in [-0.1, -0.05) is 42.5 Å². The van der Waals surface area contributed by atoms with Crippen molar-refractivity contribution in [2.24, 2.45) is 0 Å². The lowest BCUT2D eigenvalue weighted by atomic mass is 9.88. The van der Waals surface area contributed by atoms with E-state index < -0.39 is 0 Å². The van der Waals surface area contributed by atoms with Crippen LogP contribution in [0, 0.1) is 11.6 Å². The van der Waals surface area contributed by atoms with Crippen molar-refractivity contribution in [2.45, 2.75) is 31.7 Å². The number of carbonyl (C=O) groups excluding carboxylic acids is 1. The number of rotatable bonds is 9. The van der Waals surface area contributed by atoms with Gasteiger partial charge in [0, 0.05) is 49.1 Å². The van der Waals surface area contributed by atoms with Crippen LogP contribution in [-0.4, -0.2) is 41.6 Å². The predicted molar refractivity (Wildman–Crippen MR) is 139 cm³/mol. The van der Waals surface area contributed by atoms with Crippen molar-refractivity contribution in [2.75, 3.05) is 26.2 Å². The monoisotopic (exact) mass is 487 g/mol. The number of nitrogens with zero attached hydrogens (tertiary/aromatic N) is 2. The van der Waals surface area contributed by atoms with Gasteiger partial charge in [0.25, 0.3) is 0 Å². The highest BCUT2D eigenvalue weighted by Gasteiger charge is 2.23. The van der Waals surface area contributed by atoms with E-state index in [0.717, 1.165) is 47.2 Å². The molecule has 36 heavy (non-hydrogen) atoms. The molecule has 186 valence electrons. The summed E-state index contributed by atoms with van der Waals surface area (Å²) >= 11 is 0. The summed E-state index contributed by atoms with van der Waals surface area (Å²) in [6.45, 7) is 4.27. The van der Waals surface area contributed by atoms with Gasteiger partial charge >= 0.3 is 0 Å². The fourth-order valence-electron chi connectivity index (χ4n) is 5.19. The van der Waals surface area contributed by atoms with Gasteiger partial charge in [-0.05, 0) is 73.0 Å². The Hall–Kier alpha value is -3.51. The molecule has 1 aromatic heterocycles. The summed E-state index contributed by atoms with van der Waals surface area (Å²) in [4.78, 5) is 15.4. The molecule has 0 radical (unpaired) electrons. The lowest BCUT2D eigenvalue weighted by Gasteiger charge is -2.19. The molecule has 1 atom stereocenters. The van der Waals surface area contributed by atoms with Gasteiger partial charge in [-0.3, -0.25) is 4.79 Å². The highest BCUT2D eigenvalue weighted by Crippen LogP contribution is 2.35. The van der Waals surface area contributed by atoms with E-state index in [2.05, 4.69) is 33.1 Å². The molecular weight excluding hydrogens is 456 g/mol. The van der Waals surface area contributed by atoms with E-state index in [9.17, 15) is 13.6 Å². The number of hydrogen-bond acceptors (Lipinski definition) is 2. The van der Waals surface area contributed by atoms with Crippen molar-refractivity contribution in [3.8, 4) is 0 Å². The van der Waals surface area contributed by atoms with Crippen LogP contribution in [-0.2, 0) is 11.3 Å². The van der Waals surface area contributed by atoms with Crippen molar-refractivity contribution >= 4 is 16.8 Å². The van der Waals surface area contributed by atoms with E-state index in [4.69, 9.17) is 0 Å². The Morgan fingerprint density at radius 1 is 0.889 bits per heavy atom. The van der Waals surface area contributed by atoms with Crippen LogP contribution in [0.4, 0.5) is 8.78 Å². The zero-order chi connectivity index (χ0) is 24.9. The summed E-state index contributed by atoms with van der Waals surface area (Å²) in [7, 11) is 0. The van der Waals surface area contributed by atoms with Crippen molar-refractivity contribution in [1.82, 2.24) is 14.8 Å². The first-order valence-electron chi connectivity index (χ1n) is 12.6. The Kier molecular flexibility index (Phi) is 7.42. The Labute approximate surface area is 210 Å². The van der Waals surface area contributed by atoms with Crippen LogP contribution in [0.2, 0.25) is 0 Å². The minimum atomic E-state index is -0.300. The molecule has 0 spiro atoms. The largest absolute Gasteiger partial charge is 0.355 e. The number of benzene rings is 3. The first kappa shape index (κ1) is 24.2. The first-order chi connectivity index (χ1) is 17.6. The molecule has 0 bridgehead atoms. The van der Waals surface area contributed by atoms with E-state index >= 15 is 0 Å². The van der Waals surface area contributed by atoms with Crippen LogP contribution >= 0.6 is 0 Å². The second-order valence-corrected chi connectivity index (χ2v) is 9.56. The van der Waals surface area contributed by atoms with E-state index in [0.29, 0.717) is 13.1 Å². The molecule has 1 aliphatic rings. The van der Waals surface area contributed by atoms with Crippen LogP contribution in [0.15, 0.2) is 79.0 Å². The number of halogens is 2. The van der Waals surface area contributed by atoms with Crippen LogP contribution < -0.4 is 5.32 Å². The van der Waals surface area contributed by atoms with Gasteiger partial charge in [0.1, 0.15) is 11.6 Å². The van der Waals surface area contributed by atoms with Crippen molar-refractivity contribution < 1.29 is 13.6 Å². The highest BCUT2D eigenvalue weighted by molar-refractivity contribution is 5.86. The second-order valence-electron chi connectivity index (χ2n) is 9.56. The quantitative estimate of drug-likeness (QED) is 0.329. The van der Waals surface area contributed by atoms with Crippen LogP contribution in [0.1, 0.15) is 41.9 Å². The van der Waals surface area contributed by atoms with E-state index in [1.165, 1.54) is 37.1 Å². The molecule has 0 aliphatic carbocycles. The smallest absolute Gasteiger partial charge is 0.220 e. The number of aromatic nitrogens is 1. The number of fused-ring (bicyclic) bond motifs is 1. The van der Waals surface area contributed by atoms with Crippen molar-refractivity contribution in [1.29, 1.82) is 0 Å². The molecule has 5 rings (SSSR count). The Balaban J connectivity index is 1.43. The average Bonchev–Trinajstić information content (AvgIpc) is 3.53. The standard InChI is InChI=1S/C30H31F2N3O/c31-24-11-7-22(8-12-24)20-35-21-28(26-5-1-2-6-29(26)35)27(23-9-13-25(32)14-10-23)19-30(36)33-15-18-34-16-3-4-17-34/h1-2,5-14,21,27H,3-4,15-20H2,(H,33,36). The maximum Gasteiger partial charge on any atom is 0.220 e. The molecule has 3 aromatic carbocycles. The summed E-state index contributed by atoms with van der Waals surface area (Å²) in [5.74, 6) is -0.800. The number of hydrogen-bond donors (Lipinski definition) is 1. The van der Waals surface area contributed by atoms with E-state index in [-0.39, 0.29) is 29.9 Å². The van der Waals surface area contributed by atoms with Crippen LogP contribution in [0.3, 0.4) is 0 Å². The van der Waals surface area contributed by atoms with Crippen molar-refractivity contribution in [3.05, 3.63) is 107 Å². The summed E-state index contributed by atoms with van der Waals surface area (Å²) in [5.41, 5.74) is 3.95. The van der Waals surface area contributed by atoms with E-state index in [1.54, 1.807) is 24.3 Å². The van der Waals surface area contributed by atoms with Gasteiger partial charge < -0.3 is 14.8 Å². The van der Waals surface area contributed by atoms with Gasteiger partial charge in [-0.25, -0.2) is 8.78 Å². The van der Waals surface area contributed by atoms with E-state index in [1.807, 2.05) is 12.1 Å². The predicted octanol–water partition coefficient (Wildman–Crippen LogP) is 5.70. The second kappa shape index (κ2) is 11.0. The molecular formula is C30H31F2N3O. The third-order valence-electron chi connectivity index (χ3n) is 7.07. The minimum Gasteiger partial charge on any atom is -0.355 e. The lowest BCUT2D eigenvalue weighted by Crippen LogP contribution is -2.34. The first-order valence-corrected chi connectivity index (χ1v) is 12.6. The van der Waals surface area contributed by atoms with Crippen LogP contribution in [0.25, 0.3) is 10.9 Å². The topological polar surface area (TPSA) is 37.3 Å². The van der Waals surface area contributed by atoms with Gasteiger partial charge in [0.05, 0.1) is 0 Å². The third kappa shape index (κ3) is 5.65. The summed E-state index contributed by atoms with van der Waals surface area (Å²) in [6.07, 6.45) is 4.81. The number of nitrogens with one attached hydrogen (secondary N) is 1. The zero-order valence-electron chi connectivity index (χ0n) is 20.3. The maximum atomic E-state index is 13.7. The minimum absolute atomic E-state index is 0.0149. The average molecular weight is 488 g/mol. The Bertz CT molecular complexity index is 1310. The normalized spacial score (nSPS) is 14.8. The molecule has 1 amide bonds. The summed E-state index contributed by atoms with van der Waals surface area (Å²) in [5, 5.41) is 4.15. The molecule has 0 saturated carbocycles. The van der Waals surface area contributed by atoms with Gasteiger partial charge in [0.15, 0.2) is 0 Å². The van der Waals surface area contributed by atoms with Gasteiger partial charge in [-0.2, -0.15) is 0 Å². The van der Waals surface area contributed by atoms with Gasteiger partial charge in [-0.15, -0.1) is 0 Å². The Morgan fingerprint density at radius 2 is 1.56 bits per heavy atom. The Morgan fingerprint density at radius 3 is 2.28 bits per heavy atom. The zero-order valence-corrected chi connectivity index (χ0v) is 20.3. The molecule has 2 heterocycles. The third-order valence-corrected chi connectivity index (χ3v) is 7.07. The molecule has 1 N–H and O–H groups in total. The summed E-state index contributed by atoms with van der Waals surface area (Å²) < 4.78 is 29.3. The van der Waals surface area contributed by atoms with Gasteiger partial charge in [0.2, 0.25) is 5.91 Å². The number of likely N-dealkylation sites (tertiary alicyclic amines) is 1. The van der Waals surface area contributed by atoms with Crippen LogP contribution in [0.5, 0.6) is 0 Å². The molecule has 4 aromatic rings. The number of carbonyl (C=O) groups is 1. The lowest BCUT2D eigenvalue weighted by molar-refractivity contribution is -0.121. The molecule has 1 aliphatic heterocycles. The molecule has 1 fully saturated rings. The fourth-order valence-corrected chi connectivity index (χ4v) is 5.19. The maximum absolute atomic E-state index is 13.7. The fraction of sp³-hybridized carbons (Fsp3) is 0.300. The highest BCUT2D eigenvalue weighted by atomic mass is 19.1. The summed E-state index contributed by atoms with van der Waals surface area (Å²) in [6, 6.07) is 21.0. The number of amides is 1. The molecule has 1 saturated heterocycles. The molecule has 4 nitrogen and oxygen atoms in total. The molecule has 1 unspecified atom stereocenters. The molecule has 6 heteroatoms. The van der Waals surface area contributed by atoms with Crippen molar-refractivity contribution in [3.63, 3.8) is 0 Å².